The van der Waals surface area contributed by atoms with Gasteiger partial charge >= 0.3 is 0 Å². The van der Waals surface area contributed by atoms with Crippen LogP contribution in [0.2, 0.25) is 0 Å². The zero-order chi connectivity index (χ0) is 13.6. The van der Waals surface area contributed by atoms with Crippen LogP contribution in [-0.4, -0.2) is 19.9 Å². The van der Waals surface area contributed by atoms with Gasteiger partial charge in [-0.05, 0) is 29.8 Å². The van der Waals surface area contributed by atoms with Crippen molar-refractivity contribution in [1.82, 2.24) is 5.32 Å². The average Bonchev–Trinajstić information content (AvgIpc) is 2.95. The fourth-order valence-electron chi connectivity index (χ4n) is 2.04. The summed E-state index contributed by atoms with van der Waals surface area (Å²) in [7, 11) is 0. The fraction of sp³-hybridized carbons (Fsp3) is 0.250. The lowest BCUT2D eigenvalue weighted by atomic mass is 10.2. The van der Waals surface area contributed by atoms with Gasteiger partial charge in [-0.25, -0.2) is 0 Å². The molecule has 0 amide bonds. The molecule has 0 fully saturated rings. The van der Waals surface area contributed by atoms with Crippen LogP contribution in [0.5, 0.6) is 17.2 Å². The molecule has 2 aromatic carbocycles. The topological polar surface area (TPSA) is 39.7 Å². The maximum atomic E-state index is 5.61. The van der Waals surface area contributed by atoms with E-state index in [1.807, 2.05) is 48.5 Å². The number of benzene rings is 2. The van der Waals surface area contributed by atoms with E-state index in [4.69, 9.17) is 14.2 Å². The summed E-state index contributed by atoms with van der Waals surface area (Å²) in [6.45, 7) is 2.55. The van der Waals surface area contributed by atoms with Gasteiger partial charge in [-0.1, -0.05) is 24.3 Å². The fourth-order valence-corrected chi connectivity index (χ4v) is 2.04. The normalized spacial score (nSPS) is 12.4. The summed E-state index contributed by atoms with van der Waals surface area (Å²) < 4.78 is 16.2. The minimum atomic E-state index is 0.317. The second kappa shape index (κ2) is 6.30. The van der Waals surface area contributed by atoms with Gasteiger partial charge in [0.15, 0.2) is 11.5 Å². The average molecular weight is 271 g/mol. The van der Waals surface area contributed by atoms with Crippen LogP contribution in [0.25, 0.3) is 0 Å². The summed E-state index contributed by atoms with van der Waals surface area (Å²) in [5.74, 6) is 2.54. The molecule has 3 rings (SSSR count). The van der Waals surface area contributed by atoms with E-state index < -0.39 is 0 Å². The maximum absolute atomic E-state index is 5.61. The Labute approximate surface area is 118 Å². The summed E-state index contributed by atoms with van der Waals surface area (Å²) in [5, 5.41) is 3.34. The number of hydrogen-bond acceptors (Lipinski definition) is 4. The lowest BCUT2D eigenvalue weighted by Crippen LogP contribution is -2.20. The molecule has 20 heavy (non-hydrogen) atoms. The molecule has 4 nitrogen and oxygen atoms in total. The highest BCUT2D eigenvalue weighted by molar-refractivity contribution is 5.44. The van der Waals surface area contributed by atoms with Crippen molar-refractivity contribution in [2.24, 2.45) is 0 Å². The largest absolute Gasteiger partial charge is 0.492 e. The molecule has 4 heteroatoms. The third-order valence-electron chi connectivity index (χ3n) is 3.06. The van der Waals surface area contributed by atoms with Gasteiger partial charge in [0.1, 0.15) is 12.4 Å². The lowest BCUT2D eigenvalue weighted by molar-refractivity contribution is 0.174. The minimum absolute atomic E-state index is 0.317. The molecular weight excluding hydrogens is 254 g/mol. The van der Waals surface area contributed by atoms with Gasteiger partial charge in [0.2, 0.25) is 6.79 Å². The zero-order valence-electron chi connectivity index (χ0n) is 11.2. The second-order valence-corrected chi connectivity index (χ2v) is 4.53. The van der Waals surface area contributed by atoms with Crippen molar-refractivity contribution in [2.45, 2.75) is 6.54 Å². The van der Waals surface area contributed by atoms with Gasteiger partial charge in [0, 0.05) is 13.1 Å². The molecule has 0 aromatic heterocycles. The summed E-state index contributed by atoms with van der Waals surface area (Å²) >= 11 is 0. The van der Waals surface area contributed by atoms with E-state index in [1.165, 1.54) is 5.56 Å². The molecule has 1 N–H and O–H groups in total. The monoisotopic (exact) mass is 271 g/mol. The van der Waals surface area contributed by atoms with Crippen molar-refractivity contribution in [3.05, 3.63) is 54.1 Å². The Morgan fingerprint density at radius 3 is 2.75 bits per heavy atom. The van der Waals surface area contributed by atoms with E-state index in [-0.39, 0.29) is 0 Å². The molecule has 0 unspecified atom stereocenters. The molecule has 0 aliphatic carbocycles. The molecule has 0 saturated carbocycles. The highest BCUT2D eigenvalue weighted by Gasteiger charge is 2.12. The first-order valence-electron chi connectivity index (χ1n) is 6.69. The number of rotatable bonds is 6. The molecule has 0 saturated heterocycles. The Hall–Kier alpha value is -2.20. The van der Waals surface area contributed by atoms with E-state index in [9.17, 15) is 0 Å². The van der Waals surface area contributed by atoms with Crippen LogP contribution in [-0.2, 0) is 6.54 Å². The van der Waals surface area contributed by atoms with Crippen molar-refractivity contribution in [3.63, 3.8) is 0 Å². The smallest absolute Gasteiger partial charge is 0.231 e. The third kappa shape index (κ3) is 3.22. The van der Waals surface area contributed by atoms with Crippen molar-refractivity contribution in [3.8, 4) is 17.2 Å². The van der Waals surface area contributed by atoms with Crippen LogP contribution >= 0.6 is 0 Å². The SMILES string of the molecule is c1ccc(OCCNCc2ccc3c(c2)OCO3)cc1. The third-order valence-corrected chi connectivity index (χ3v) is 3.06. The Kier molecular flexibility index (Phi) is 4.04. The molecule has 1 aliphatic rings. The first-order valence-corrected chi connectivity index (χ1v) is 6.69. The first-order chi connectivity index (χ1) is 9.92. The molecule has 0 atom stereocenters. The second-order valence-electron chi connectivity index (χ2n) is 4.53. The minimum Gasteiger partial charge on any atom is -0.492 e. The van der Waals surface area contributed by atoms with Gasteiger partial charge in [-0.3, -0.25) is 0 Å². The van der Waals surface area contributed by atoms with Gasteiger partial charge in [0.25, 0.3) is 0 Å². The van der Waals surface area contributed by atoms with Crippen LogP contribution in [0.15, 0.2) is 48.5 Å². The van der Waals surface area contributed by atoms with Gasteiger partial charge in [-0.2, -0.15) is 0 Å². The molecule has 0 radical (unpaired) electrons. The van der Waals surface area contributed by atoms with Gasteiger partial charge < -0.3 is 19.5 Å². The Bertz CT molecular complexity index is 557. The molecule has 104 valence electrons. The van der Waals surface area contributed by atoms with Crippen molar-refractivity contribution < 1.29 is 14.2 Å². The Morgan fingerprint density at radius 2 is 1.85 bits per heavy atom. The number of ether oxygens (including phenoxy) is 3. The Morgan fingerprint density at radius 1 is 1.00 bits per heavy atom. The van der Waals surface area contributed by atoms with E-state index in [0.29, 0.717) is 13.4 Å². The number of hydrogen-bond donors (Lipinski definition) is 1. The number of nitrogens with one attached hydrogen (secondary N) is 1. The molecular formula is C16H17NO3. The summed E-state index contributed by atoms with van der Waals surface area (Å²) in [5.41, 5.74) is 1.17. The number of para-hydroxylation sites is 1. The van der Waals surface area contributed by atoms with Gasteiger partial charge in [0.05, 0.1) is 0 Å². The molecule has 0 spiro atoms. The van der Waals surface area contributed by atoms with E-state index >= 15 is 0 Å². The van der Waals surface area contributed by atoms with E-state index in [1.54, 1.807) is 0 Å². The molecule has 2 aromatic rings. The summed E-state index contributed by atoms with van der Waals surface area (Å²) in [6, 6.07) is 15.8. The quantitative estimate of drug-likeness (QED) is 0.820. The molecule has 1 heterocycles. The highest BCUT2D eigenvalue weighted by Crippen LogP contribution is 2.32. The highest BCUT2D eigenvalue weighted by atomic mass is 16.7. The summed E-state index contributed by atoms with van der Waals surface area (Å²) in [4.78, 5) is 0. The molecule has 1 aliphatic heterocycles. The summed E-state index contributed by atoms with van der Waals surface area (Å²) in [6.07, 6.45) is 0. The van der Waals surface area contributed by atoms with Crippen molar-refractivity contribution in [2.75, 3.05) is 19.9 Å². The standard InChI is InChI=1S/C16H17NO3/c1-2-4-14(5-3-1)18-9-8-17-11-13-6-7-15-16(10-13)20-12-19-15/h1-7,10,17H,8-9,11-12H2. The van der Waals surface area contributed by atoms with E-state index in [2.05, 4.69) is 5.32 Å². The maximum Gasteiger partial charge on any atom is 0.231 e. The van der Waals surface area contributed by atoms with Crippen LogP contribution in [0.4, 0.5) is 0 Å². The van der Waals surface area contributed by atoms with Crippen molar-refractivity contribution in [1.29, 1.82) is 0 Å². The zero-order valence-corrected chi connectivity index (χ0v) is 11.2. The lowest BCUT2D eigenvalue weighted by Gasteiger charge is -2.08. The predicted molar refractivity (Wildman–Crippen MR) is 76.2 cm³/mol. The Balaban J connectivity index is 1.40. The van der Waals surface area contributed by atoms with Crippen LogP contribution in [0, 0.1) is 0 Å². The predicted octanol–water partition coefficient (Wildman–Crippen LogP) is 2.58. The van der Waals surface area contributed by atoms with Gasteiger partial charge in [-0.15, -0.1) is 0 Å². The number of fused-ring (bicyclic) bond motifs is 1. The molecule has 0 bridgehead atoms. The van der Waals surface area contributed by atoms with Crippen molar-refractivity contribution >= 4 is 0 Å². The first kappa shape index (κ1) is 12.8. The van der Waals surface area contributed by atoms with Crippen LogP contribution in [0.1, 0.15) is 5.56 Å². The van der Waals surface area contributed by atoms with Crippen LogP contribution in [0.3, 0.4) is 0 Å². The van der Waals surface area contributed by atoms with E-state index in [0.717, 1.165) is 30.3 Å². The van der Waals surface area contributed by atoms with Crippen LogP contribution < -0.4 is 19.5 Å².